The fourth-order valence-corrected chi connectivity index (χ4v) is 10.7. The zero-order valence-corrected chi connectivity index (χ0v) is 38.5. The summed E-state index contributed by atoms with van der Waals surface area (Å²) in [5, 5.41) is 7.20. The van der Waals surface area contributed by atoms with Crippen LogP contribution in [-0.4, -0.2) is 9.13 Å². The zero-order valence-electron chi connectivity index (χ0n) is 38.5. The van der Waals surface area contributed by atoms with Crippen LogP contribution in [0.5, 0.6) is 0 Å². The lowest BCUT2D eigenvalue weighted by atomic mass is 9.84. The van der Waals surface area contributed by atoms with Crippen LogP contribution in [0, 0.1) is 0 Å². The standard InChI is InChI=1S/C68H46N2/c1-6-18-47(19-7-1)49-30-33-54(34-31-49)67-59-38-36-58(70-65(52-25-12-4-13-26-52)42-43-66(70)53-27-14-5-15-28-53)46-62(59)68(56-35-32-48-20-16-17-29-55(48)44-56)60-39-37-57(45-61(60)67)69-63(50-21-8-2-9-22-50)40-41-64(69)51-23-10-3-11-24-51/h1-46H. The lowest BCUT2D eigenvalue weighted by Crippen LogP contribution is -2.02. The van der Waals surface area contributed by atoms with Crippen molar-refractivity contribution in [2.24, 2.45) is 0 Å². The Balaban J connectivity index is 1.14. The Morgan fingerprint density at radius 3 is 0.943 bits per heavy atom. The Bertz CT molecular complexity index is 3880. The van der Waals surface area contributed by atoms with Crippen LogP contribution in [0.1, 0.15) is 0 Å². The first-order valence-corrected chi connectivity index (χ1v) is 24.1. The van der Waals surface area contributed by atoms with E-state index in [1.807, 2.05) is 0 Å². The summed E-state index contributed by atoms with van der Waals surface area (Å²) in [6, 6.07) is 102. The van der Waals surface area contributed by atoms with E-state index in [9.17, 15) is 0 Å². The Hall–Kier alpha value is -9.24. The van der Waals surface area contributed by atoms with Gasteiger partial charge in [-0.3, -0.25) is 0 Å². The average Bonchev–Trinajstić information content (AvgIpc) is 4.10. The zero-order chi connectivity index (χ0) is 46.4. The Morgan fingerprint density at radius 1 is 0.186 bits per heavy atom. The summed E-state index contributed by atoms with van der Waals surface area (Å²) in [6.07, 6.45) is 0. The SMILES string of the molecule is c1ccc(-c2ccc(-c3c4ccc(-n5c(-c6ccccc6)ccc5-c5ccccc5)cc4c(-c4ccc5ccccc5c4)c4ccc(-n5c(-c6ccccc6)ccc5-c5ccccc5)cc34)cc2)cc1. The first-order chi connectivity index (χ1) is 34.7. The van der Waals surface area contributed by atoms with Crippen LogP contribution in [0.15, 0.2) is 279 Å². The van der Waals surface area contributed by atoms with Crippen molar-refractivity contribution in [3.05, 3.63) is 279 Å². The maximum absolute atomic E-state index is 2.45. The minimum atomic E-state index is 1.10. The molecule has 0 aliphatic rings. The van der Waals surface area contributed by atoms with Gasteiger partial charge in [-0.2, -0.15) is 0 Å². The third kappa shape index (κ3) is 7.22. The normalized spacial score (nSPS) is 11.4. The van der Waals surface area contributed by atoms with E-state index in [0.29, 0.717) is 0 Å². The van der Waals surface area contributed by atoms with Gasteiger partial charge in [0.05, 0.1) is 22.8 Å². The second kappa shape index (κ2) is 17.4. The molecule has 0 fully saturated rings. The Morgan fingerprint density at radius 2 is 0.514 bits per heavy atom. The number of aromatic nitrogens is 2. The largest absolute Gasteiger partial charge is 0.309 e. The first kappa shape index (κ1) is 41.0. The molecule has 0 amide bonds. The fourth-order valence-electron chi connectivity index (χ4n) is 10.7. The molecule has 0 N–H and O–H groups in total. The van der Waals surface area contributed by atoms with Gasteiger partial charge < -0.3 is 9.13 Å². The quantitative estimate of drug-likeness (QED) is 0.128. The highest BCUT2D eigenvalue weighted by Gasteiger charge is 2.22. The third-order valence-corrected chi connectivity index (χ3v) is 14.0. The number of nitrogens with zero attached hydrogens (tertiary/aromatic N) is 2. The molecule has 11 aromatic carbocycles. The molecule has 2 nitrogen and oxygen atoms in total. The second-order valence-corrected chi connectivity index (χ2v) is 18.1. The molecular weight excluding hydrogens is 845 g/mol. The molecule has 2 aromatic heterocycles. The van der Waals surface area contributed by atoms with E-state index < -0.39 is 0 Å². The first-order valence-electron chi connectivity index (χ1n) is 24.1. The summed E-state index contributed by atoms with van der Waals surface area (Å²) < 4.78 is 4.88. The smallest absolute Gasteiger partial charge is 0.0535 e. The summed E-state index contributed by atoms with van der Waals surface area (Å²) in [6.45, 7) is 0. The molecule has 0 bridgehead atoms. The monoisotopic (exact) mass is 890 g/mol. The molecule has 2 heterocycles. The summed E-state index contributed by atoms with van der Waals surface area (Å²) in [5.74, 6) is 0. The second-order valence-electron chi connectivity index (χ2n) is 18.1. The van der Waals surface area contributed by atoms with Gasteiger partial charge in [-0.1, -0.05) is 224 Å². The summed E-state index contributed by atoms with van der Waals surface area (Å²) in [4.78, 5) is 0. The highest BCUT2D eigenvalue weighted by molar-refractivity contribution is 6.22. The van der Waals surface area contributed by atoms with E-state index >= 15 is 0 Å². The Labute approximate surface area is 408 Å². The average molecular weight is 891 g/mol. The van der Waals surface area contributed by atoms with E-state index in [1.54, 1.807) is 0 Å². The summed E-state index contributed by atoms with van der Waals surface area (Å²) in [7, 11) is 0. The van der Waals surface area contributed by atoms with Crippen LogP contribution in [0.25, 0.3) is 122 Å². The molecule has 328 valence electrons. The van der Waals surface area contributed by atoms with E-state index in [2.05, 4.69) is 288 Å². The molecule has 13 rings (SSSR count). The van der Waals surface area contributed by atoms with Gasteiger partial charge in [0.15, 0.2) is 0 Å². The van der Waals surface area contributed by atoms with E-state index in [4.69, 9.17) is 0 Å². The van der Waals surface area contributed by atoms with Crippen molar-refractivity contribution in [2.75, 3.05) is 0 Å². The lowest BCUT2D eigenvalue weighted by molar-refractivity contribution is 1.10. The van der Waals surface area contributed by atoms with Crippen molar-refractivity contribution in [1.29, 1.82) is 0 Å². The highest BCUT2D eigenvalue weighted by Crippen LogP contribution is 2.47. The van der Waals surface area contributed by atoms with Crippen LogP contribution in [0.3, 0.4) is 0 Å². The van der Waals surface area contributed by atoms with Gasteiger partial charge in [-0.25, -0.2) is 0 Å². The van der Waals surface area contributed by atoms with Gasteiger partial charge in [0.2, 0.25) is 0 Å². The topological polar surface area (TPSA) is 9.86 Å². The maximum Gasteiger partial charge on any atom is 0.0535 e. The maximum atomic E-state index is 2.45. The molecule has 13 aromatic rings. The number of fused-ring (bicyclic) bond motifs is 3. The molecule has 0 aliphatic heterocycles. The predicted molar refractivity (Wildman–Crippen MR) is 296 cm³/mol. The van der Waals surface area contributed by atoms with Crippen molar-refractivity contribution in [1.82, 2.24) is 9.13 Å². The highest BCUT2D eigenvalue weighted by atomic mass is 15.0. The van der Waals surface area contributed by atoms with Crippen molar-refractivity contribution < 1.29 is 0 Å². The number of hydrogen-bond acceptors (Lipinski definition) is 0. The minimum absolute atomic E-state index is 1.10. The molecule has 0 radical (unpaired) electrons. The van der Waals surface area contributed by atoms with Crippen molar-refractivity contribution >= 4 is 32.3 Å². The van der Waals surface area contributed by atoms with Crippen molar-refractivity contribution in [3.63, 3.8) is 0 Å². The van der Waals surface area contributed by atoms with Crippen molar-refractivity contribution in [2.45, 2.75) is 0 Å². The van der Waals surface area contributed by atoms with Gasteiger partial charge >= 0.3 is 0 Å². The van der Waals surface area contributed by atoms with E-state index in [-0.39, 0.29) is 0 Å². The number of benzene rings is 11. The molecule has 0 saturated heterocycles. The van der Waals surface area contributed by atoms with Crippen LogP contribution >= 0.6 is 0 Å². The van der Waals surface area contributed by atoms with E-state index in [1.165, 1.54) is 88.0 Å². The summed E-state index contributed by atoms with van der Waals surface area (Å²) >= 11 is 0. The van der Waals surface area contributed by atoms with Gasteiger partial charge in [0.1, 0.15) is 0 Å². The lowest BCUT2D eigenvalue weighted by Gasteiger charge is -2.22. The third-order valence-electron chi connectivity index (χ3n) is 14.0. The van der Waals surface area contributed by atoms with Crippen LogP contribution < -0.4 is 0 Å². The van der Waals surface area contributed by atoms with Crippen LogP contribution in [0.2, 0.25) is 0 Å². The number of rotatable bonds is 9. The van der Waals surface area contributed by atoms with Gasteiger partial charge in [0, 0.05) is 11.4 Å². The van der Waals surface area contributed by atoms with Crippen LogP contribution in [-0.2, 0) is 0 Å². The molecule has 0 atom stereocenters. The Kier molecular flexibility index (Phi) is 10.2. The molecule has 70 heavy (non-hydrogen) atoms. The molecular formula is C68H46N2. The van der Waals surface area contributed by atoms with Gasteiger partial charge in [0.25, 0.3) is 0 Å². The van der Waals surface area contributed by atoms with Gasteiger partial charge in [-0.15, -0.1) is 0 Å². The number of hydrogen-bond donors (Lipinski definition) is 0. The van der Waals surface area contributed by atoms with Gasteiger partial charge in [-0.05, 0) is 143 Å². The van der Waals surface area contributed by atoms with Crippen molar-refractivity contribution in [3.8, 4) is 89.8 Å². The minimum Gasteiger partial charge on any atom is -0.309 e. The molecule has 0 aliphatic carbocycles. The van der Waals surface area contributed by atoms with E-state index in [0.717, 1.165) is 34.2 Å². The fraction of sp³-hybridized carbons (Fsp3) is 0. The molecule has 0 unspecified atom stereocenters. The molecule has 0 spiro atoms. The predicted octanol–water partition coefficient (Wildman–Crippen LogP) is 18.4. The molecule has 0 saturated carbocycles. The summed E-state index contributed by atoms with van der Waals surface area (Å²) in [5.41, 5.74) is 18.6. The molecule has 2 heteroatoms. The van der Waals surface area contributed by atoms with Crippen LogP contribution in [0.4, 0.5) is 0 Å².